The van der Waals surface area contributed by atoms with Crippen molar-refractivity contribution in [3.8, 4) is 0 Å². The van der Waals surface area contributed by atoms with E-state index in [1.807, 2.05) is 0 Å². The summed E-state index contributed by atoms with van der Waals surface area (Å²) in [6.07, 6.45) is 7.20. The Morgan fingerprint density at radius 3 is 2.36 bits per heavy atom. The lowest BCUT2D eigenvalue weighted by Gasteiger charge is -2.30. The van der Waals surface area contributed by atoms with Gasteiger partial charge in [0.15, 0.2) is 0 Å². The van der Waals surface area contributed by atoms with E-state index in [1.165, 1.54) is 38.6 Å². The van der Waals surface area contributed by atoms with Crippen LogP contribution in [-0.2, 0) is 4.74 Å². The molecule has 0 saturated heterocycles. The van der Waals surface area contributed by atoms with Crippen molar-refractivity contribution in [1.82, 2.24) is 5.32 Å². The third-order valence-electron chi connectivity index (χ3n) is 2.82. The molecule has 0 aromatic heterocycles. The van der Waals surface area contributed by atoms with Crippen molar-refractivity contribution in [3.05, 3.63) is 0 Å². The van der Waals surface area contributed by atoms with Crippen molar-refractivity contribution in [3.63, 3.8) is 0 Å². The fourth-order valence-electron chi connectivity index (χ4n) is 2.14. The standard InChI is InChI=1S/C12H25NO/c1-4-9-13-11-5-7-12(8-6-11)14-10(2)3/h10-13H,4-9H2,1-3H3. The monoisotopic (exact) mass is 199 g/mol. The Bertz CT molecular complexity index is 139. The molecule has 1 N–H and O–H groups in total. The van der Waals surface area contributed by atoms with Crippen molar-refractivity contribution < 1.29 is 4.74 Å². The summed E-state index contributed by atoms with van der Waals surface area (Å²) in [5.41, 5.74) is 0. The van der Waals surface area contributed by atoms with E-state index >= 15 is 0 Å². The molecule has 0 amide bonds. The van der Waals surface area contributed by atoms with Crippen molar-refractivity contribution >= 4 is 0 Å². The van der Waals surface area contributed by atoms with E-state index in [-0.39, 0.29) is 0 Å². The van der Waals surface area contributed by atoms with Gasteiger partial charge < -0.3 is 10.1 Å². The number of rotatable bonds is 5. The van der Waals surface area contributed by atoms with Gasteiger partial charge in [-0.05, 0) is 52.5 Å². The molecule has 0 bridgehead atoms. The zero-order valence-electron chi connectivity index (χ0n) is 9.88. The Morgan fingerprint density at radius 2 is 1.86 bits per heavy atom. The van der Waals surface area contributed by atoms with Crippen LogP contribution >= 0.6 is 0 Å². The molecule has 1 aliphatic rings. The minimum atomic E-state index is 0.389. The molecule has 14 heavy (non-hydrogen) atoms. The lowest BCUT2D eigenvalue weighted by molar-refractivity contribution is -0.0161. The summed E-state index contributed by atoms with van der Waals surface area (Å²) in [6.45, 7) is 7.64. The Balaban J connectivity index is 2.11. The molecule has 0 radical (unpaired) electrons. The fourth-order valence-corrected chi connectivity index (χ4v) is 2.14. The maximum atomic E-state index is 5.82. The molecule has 0 aromatic rings. The largest absolute Gasteiger partial charge is 0.376 e. The van der Waals surface area contributed by atoms with E-state index in [1.54, 1.807) is 0 Å². The maximum absolute atomic E-state index is 5.82. The lowest BCUT2D eigenvalue weighted by Crippen LogP contribution is -2.36. The Kier molecular flexibility index (Phi) is 5.49. The topological polar surface area (TPSA) is 21.3 Å². The summed E-state index contributed by atoms with van der Waals surface area (Å²) in [6, 6.07) is 0.752. The molecule has 1 rings (SSSR count). The highest BCUT2D eigenvalue weighted by Crippen LogP contribution is 2.22. The van der Waals surface area contributed by atoms with Crippen molar-refractivity contribution in [1.29, 1.82) is 0 Å². The van der Waals surface area contributed by atoms with E-state index in [0.29, 0.717) is 12.2 Å². The average molecular weight is 199 g/mol. The van der Waals surface area contributed by atoms with Crippen LogP contribution in [0.3, 0.4) is 0 Å². The second-order valence-corrected chi connectivity index (χ2v) is 4.61. The number of nitrogens with one attached hydrogen (secondary N) is 1. The van der Waals surface area contributed by atoms with Gasteiger partial charge in [-0.25, -0.2) is 0 Å². The van der Waals surface area contributed by atoms with Gasteiger partial charge >= 0.3 is 0 Å². The first-order chi connectivity index (χ1) is 6.72. The van der Waals surface area contributed by atoms with Gasteiger partial charge in [-0.3, -0.25) is 0 Å². The molecule has 1 fully saturated rings. The smallest absolute Gasteiger partial charge is 0.0579 e. The molecule has 0 unspecified atom stereocenters. The molecule has 2 nitrogen and oxygen atoms in total. The second kappa shape index (κ2) is 6.41. The molecule has 1 saturated carbocycles. The van der Waals surface area contributed by atoms with Gasteiger partial charge in [-0.15, -0.1) is 0 Å². The molecule has 1 aliphatic carbocycles. The van der Waals surface area contributed by atoms with E-state index in [9.17, 15) is 0 Å². The summed E-state index contributed by atoms with van der Waals surface area (Å²) in [7, 11) is 0. The molecule has 2 heteroatoms. The molecule has 0 spiro atoms. The molecule has 84 valence electrons. The van der Waals surface area contributed by atoms with Gasteiger partial charge in [0.1, 0.15) is 0 Å². The minimum Gasteiger partial charge on any atom is -0.376 e. The van der Waals surface area contributed by atoms with E-state index < -0.39 is 0 Å². The van der Waals surface area contributed by atoms with Crippen LogP contribution < -0.4 is 5.32 Å². The zero-order chi connectivity index (χ0) is 10.4. The second-order valence-electron chi connectivity index (χ2n) is 4.61. The van der Waals surface area contributed by atoms with Crippen LogP contribution in [0.15, 0.2) is 0 Å². The Morgan fingerprint density at radius 1 is 1.21 bits per heavy atom. The molecule has 0 aliphatic heterocycles. The third kappa shape index (κ3) is 4.43. The van der Waals surface area contributed by atoms with E-state index in [4.69, 9.17) is 4.74 Å². The maximum Gasteiger partial charge on any atom is 0.0579 e. The normalized spacial score (nSPS) is 28.3. The highest BCUT2D eigenvalue weighted by molar-refractivity contribution is 4.77. The van der Waals surface area contributed by atoms with Crippen LogP contribution in [-0.4, -0.2) is 24.8 Å². The first-order valence-corrected chi connectivity index (χ1v) is 6.11. The van der Waals surface area contributed by atoms with Gasteiger partial charge in [-0.2, -0.15) is 0 Å². The van der Waals surface area contributed by atoms with Gasteiger partial charge in [-0.1, -0.05) is 6.92 Å². The summed E-state index contributed by atoms with van der Waals surface area (Å²) >= 11 is 0. The highest BCUT2D eigenvalue weighted by Gasteiger charge is 2.21. The van der Waals surface area contributed by atoms with Crippen molar-refractivity contribution in [2.75, 3.05) is 6.54 Å². The SMILES string of the molecule is CCCNC1CCC(OC(C)C)CC1. The summed E-state index contributed by atoms with van der Waals surface area (Å²) in [5.74, 6) is 0. The quantitative estimate of drug-likeness (QED) is 0.735. The minimum absolute atomic E-state index is 0.389. The predicted molar refractivity (Wildman–Crippen MR) is 60.6 cm³/mol. The van der Waals surface area contributed by atoms with Crippen LogP contribution in [0.2, 0.25) is 0 Å². The van der Waals surface area contributed by atoms with Crippen LogP contribution in [0, 0.1) is 0 Å². The van der Waals surface area contributed by atoms with Gasteiger partial charge in [0.2, 0.25) is 0 Å². The fraction of sp³-hybridized carbons (Fsp3) is 1.00. The zero-order valence-corrected chi connectivity index (χ0v) is 9.88. The number of ether oxygens (including phenoxy) is 1. The molecule has 0 heterocycles. The Labute approximate surface area is 88.4 Å². The molecular formula is C12H25NO. The molecule has 0 atom stereocenters. The Hall–Kier alpha value is -0.0800. The summed E-state index contributed by atoms with van der Waals surface area (Å²) in [5, 5.41) is 3.59. The van der Waals surface area contributed by atoms with Crippen LogP contribution in [0.1, 0.15) is 52.9 Å². The van der Waals surface area contributed by atoms with Crippen LogP contribution in [0.25, 0.3) is 0 Å². The summed E-state index contributed by atoms with van der Waals surface area (Å²) < 4.78 is 5.82. The molecule has 0 aromatic carbocycles. The van der Waals surface area contributed by atoms with Gasteiger partial charge in [0.05, 0.1) is 12.2 Å². The first-order valence-electron chi connectivity index (χ1n) is 6.11. The third-order valence-corrected chi connectivity index (χ3v) is 2.82. The van der Waals surface area contributed by atoms with E-state index in [2.05, 4.69) is 26.1 Å². The van der Waals surface area contributed by atoms with Crippen LogP contribution in [0.4, 0.5) is 0 Å². The highest BCUT2D eigenvalue weighted by atomic mass is 16.5. The average Bonchev–Trinajstić information content (AvgIpc) is 2.16. The van der Waals surface area contributed by atoms with Crippen molar-refractivity contribution in [2.24, 2.45) is 0 Å². The van der Waals surface area contributed by atoms with Gasteiger partial charge in [0.25, 0.3) is 0 Å². The van der Waals surface area contributed by atoms with E-state index in [0.717, 1.165) is 6.04 Å². The number of hydrogen-bond acceptors (Lipinski definition) is 2. The summed E-state index contributed by atoms with van der Waals surface area (Å²) in [4.78, 5) is 0. The predicted octanol–water partition coefficient (Wildman–Crippen LogP) is 2.72. The number of hydrogen-bond donors (Lipinski definition) is 1. The van der Waals surface area contributed by atoms with Gasteiger partial charge in [0, 0.05) is 6.04 Å². The molecular weight excluding hydrogens is 174 g/mol. The van der Waals surface area contributed by atoms with Crippen LogP contribution in [0.5, 0.6) is 0 Å². The lowest BCUT2D eigenvalue weighted by atomic mass is 9.93. The first kappa shape index (κ1) is 12.0. The van der Waals surface area contributed by atoms with Crippen molar-refractivity contribution in [2.45, 2.75) is 71.1 Å².